The fourth-order valence-electron chi connectivity index (χ4n) is 3.65. The minimum atomic E-state index is -4.57. The van der Waals surface area contributed by atoms with E-state index >= 15 is 0 Å². The lowest BCUT2D eigenvalue weighted by Gasteiger charge is -2.16. The topological polar surface area (TPSA) is 87.7 Å². The average Bonchev–Trinajstić information content (AvgIpc) is 3.22. The van der Waals surface area contributed by atoms with E-state index in [4.69, 9.17) is 11.5 Å². The van der Waals surface area contributed by atoms with Crippen molar-refractivity contribution in [3.05, 3.63) is 72.3 Å². The normalized spacial score (nSPS) is 12.1. The van der Waals surface area contributed by atoms with Crippen LogP contribution in [0.25, 0.3) is 33.4 Å². The van der Waals surface area contributed by atoms with Gasteiger partial charge in [0, 0.05) is 0 Å². The Labute approximate surface area is 168 Å². The smallest absolute Gasteiger partial charge is 0.369 e. The van der Waals surface area contributed by atoms with Crippen molar-refractivity contribution in [2.45, 2.75) is 6.18 Å². The molecule has 0 unspecified atom stereocenters. The molecular weight excluding hydrogens is 393 g/mol. The van der Waals surface area contributed by atoms with Crippen molar-refractivity contribution in [1.29, 1.82) is 0 Å². The molecule has 0 saturated heterocycles. The van der Waals surface area contributed by atoms with Crippen molar-refractivity contribution in [3.63, 3.8) is 0 Å². The molecule has 9 heteroatoms. The van der Waals surface area contributed by atoms with E-state index in [0.29, 0.717) is 22.1 Å². The number of nitrogens with two attached hydrogens (primary N) is 2. The molecule has 3 aromatic carbocycles. The molecule has 0 aliphatic heterocycles. The van der Waals surface area contributed by atoms with Crippen molar-refractivity contribution < 1.29 is 13.2 Å². The first kappa shape index (κ1) is 18.0. The van der Waals surface area contributed by atoms with Gasteiger partial charge in [0.05, 0.1) is 39.0 Å². The fourth-order valence-corrected chi connectivity index (χ4v) is 3.65. The highest BCUT2D eigenvalue weighted by atomic mass is 19.4. The zero-order valence-electron chi connectivity index (χ0n) is 15.4. The van der Waals surface area contributed by atoms with Gasteiger partial charge >= 0.3 is 6.18 Å². The molecule has 0 spiro atoms. The van der Waals surface area contributed by atoms with Crippen molar-refractivity contribution in [1.82, 2.24) is 19.1 Å². The number of alkyl halides is 3. The van der Waals surface area contributed by atoms with E-state index in [9.17, 15) is 13.2 Å². The van der Waals surface area contributed by atoms with Gasteiger partial charge in [0.25, 0.3) is 0 Å². The summed E-state index contributed by atoms with van der Waals surface area (Å²) in [6, 6.07) is 17.8. The molecule has 2 aromatic heterocycles. The Morgan fingerprint density at radius 2 is 1.10 bits per heavy atom. The number of rotatable bonds is 2. The third-order valence-electron chi connectivity index (χ3n) is 4.92. The van der Waals surface area contributed by atoms with Crippen LogP contribution in [0.1, 0.15) is 5.56 Å². The number of para-hydroxylation sites is 4. The Morgan fingerprint density at radius 1 is 0.667 bits per heavy atom. The summed E-state index contributed by atoms with van der Waals surface area (Å²) in [7, 11) is 0. The van der Waals surface area contributed by atoms with E-state index in [-0.39, 0.29) is 23.3 Å². The van der Waals surface area contributed by atoms with Gasteiger partial charge in [0.15, 0.2) is 0 Å². The summed E-state index contributed by atoms with van der Waals surface area (Å²) < 4.78 is 44.2. The molecule has 0 aliphatic rings. The van der Waals surface area contributed by atoms with Gasteiger partial charge in [-0.15, -0.1) is 0 Å². The Morgan fingerprint density at radius 3 is 1.53 bits per heavy atom. The maximum absolute atomic E-state index is 13.7. The second-order valence-electron chi connectivity index (χ2n) is 6.82. The molecule has 0 atom stereocenters. The maximum atomic E-state index is 13.7. The minimum Gasteiger partial charge on any atom is -0.369 e. The fraction of sp³-hybridized carbons (Fsp3) is 0.0476. The van der Waals surface area contributed by atoms with Gasteiger partial charge in [-0.05, 0) is 42.5 Å². The zero-order valence-corrected chi connectivity index (χ0v) is 15.4. The van der Waals surface area contributed by atoms with E-state index in [0.717, 1.165) is 12.1 Å². The lowest BCUT2D eigenvalue weighted by atomic mass is 10.1. The van der Waals surface area contributed by atoms with Crippen molar-refractivity contribution >= 4 is 34.0 Å². The van der Waals surface area contributed by atoms with E-state index in [1.54, 1.807) is 54.6 Å². The molecule has 0 saturated carbocycles. The molecule has 6 nitrogen and oxygen atoms in total. The number of nitrogen functional groups attached to an aromatic ring is 2. The van der Waals surface area contributed by atoms with Gasteiger partial charge in [-0.1, -0.05) is 24.3 Å². The number of imidazole rings is 2. The molecule has 2 heterocycles. The second-order valence-corrected chi connectivity index (χ2v) is 6.82. The van der Waals surface area contributed by atoms with Crippen LogP contribution in [0.15, 0.2) is 66.7 Å². The Balaban J connectivity index is 1.83. The van der Waals surface area contributed by atoms with Crippen LogP contribution < -0.4 is 11.5 Å². The molecule has 0 aliphatic carbocycles. The first-order valence-electron chi connectivity index (χ1n) is 9.02. The standard InChI is InChI=1S/C21H15F3N6/c22-21(23,24)12-9-13(29-17-7-3-1-5-15(17)27-19(29)25)11-14(10-12)30-18-8-4-2-6-16(18)28-20(30)26/h1-11H,(H2,25,27)(H2,26,28). The van der Waals surface area contributed by atoms with Crippen molar-refractivity contribution in [2.75, 3.05) is 11.5 Å². The third kappa shape index (κ3) is 2.74. The summed E-state index contributed by atoms with van der Waals surface area (Å²) in [5.41, 5.74) is 14.1. The third-order valence-corrected chi connectivity index (χ3v) is 4.92. The van der Waals surface area contributed by atoms with Gasteiger partial charge in [0.2, 0.25) is 11.9 Å². The van der Waals surface area contributed by atoms with Gasteiger partial charge < -0.3 is 11.5 Å². The number of anilines is 2. The van der Waals surface area contributed by atoms with Gasteiger partial charge in [-0.2, -0.15) is 13.2 Å². The maximum Gasteiger partial charge on any atom is 0.416 e. The van der Waals surface area contributed by atoms with Gasteiger partial charge in [0.1, 0.15) is 0 Å². The summed E-state index contributed by atoms with van der Waals surface area (Å²) >= 11 is 0. The predicted octanol–water partition coefficient (Wildman–Crippen LogP) is 4.55. The Bertz CT molecular complexity index is 1320. The molecule has 0 radical (unpaired) electrons. The summed E-state index contributed by atoms with van der Waals surface area (Å²) in [6.45, 7) is 0. The zero-order chi connectivity index (χ0) is 21.0. The molecule has 0 bridgehead atoms. The van der Waals surface area contributed by atoms with E-state index in [1.807, 2.05) is 0 Å². The van der Waals surface area contributed by atoms with Gasteiger partial charge in [-0.3, -0.25) is 9.13 Å². The summed E-state index contributed by atoms with van der Waals surface area (Å²) in [6.07, 6.45) is -4.57. The van der Waals surface area contributed by atoms with Crippen molar-refractivity contribution in [2.24, 2.45) is 0 Å². The van der Waals surface area contributed by atoms with E-state index < -0.39 is 11.7 Å². The van der Waals surface area contributed by atoms with Crippen LogP contribution in [0.2, 0.25) is 0 Å². The Kier molecular flexibility index (Phi) is 3.76. The highest BCUT2D eigenvalue weighted by Gasteiger charge is 2.32. The van der Waals surface area contributed by atoms with Crippen LogP contribution in [-0.2, 0) is 6.18 Å². The van der Waals surface area contributed by atoms with Gasteiger partial charge in [-0.25, -0.2) is 9.97 Å². The number of hydrogen-bond donors (Lipinski definition) is 2. The highest BCUT2D eigenvalue weighted by Crippen LogP contribution is 2.35. The number of nitrogens with zero attached hydrogens (tertiary/aromatic N) is 4. The van der Waals surface area contributed by atoms with Crippen molar-refractivity contribution in [3.8, 4) is 11.4 Å². The van der Waals surface area contributed by atoms with E-state index in [2.05, 4.69) is 9.97 Å². The molecule has 5 aromatic rings. The Hall–Kier alpha value is -4.01. The largest absolute Gasteiger partial charge is 0.416 e. The number of fused-ring (bicyclic) bond motifs is 2. The lowest BCUT2D eigenvalue weighted by molar-refractivity contribution is -0.137. The van der Waals surface area contributed by atoms with Crippen LogP contribution in [0.5, 0.6) is 0 Å². The van der Waals surface area contributed by atoms with Crippen LogP contribution in [0.4, 0.5) is 25.1 Å². The SMILES string of the molecule is Nc1nc2ccccc2n1-c1cc(-n2c(N)nc3ccccc32)cc(C(F)(F)F)c1. The average molecular weight is 408 g/mol. The summed E-state index contributed by atoms with van der Waals surface area (Å²) in [5, 5.41) is 0. The highest BCUT2D eigenvalue weighted by molar-refractivity contribution is 5.83. The molecule has 0 amide bonds. The summed E-state index contributed by atoms with van der Waals surface area (Å²) in [5.74, 6) is 0.176. The minimum absolute atomic E-state index is 0.0879. The molecule has 4 N–H and O–H groups in total. The lowest BCUT2D eigenvalue weighted by Crippen LogP contribution is -2.10. The molecular formula is C21H15F3N6. The van der Waals surface area contributed by atoms with Crippen LogP contribution in [0.3, 0.4) is 0 Å². The number of benzene rings is 3. The predicted molar refractivity (Wildman–Crippen MR) is 110 cm³/mol. The first-order chi connectivity index (χ1) is 14.3. The van der Waals surface area contributed by atoms with Crippen LogP contribution in [-0.4, -0.2) is 19.1 Å². The second kappa shape index (κ2) is 6.24. The van der Waals surface area contributed by atoms with Crippen LogP contribution in [0, 0.1) is 0 Å². The number of aromatic nitrogens is 4. The number of hydrogen-bond acceptors (Lipinski definition) is 4. The molecule has 30 heavy (non-hydrogen) atoms. The number of halogens is 3. The molecule has 150 valence electrons. The molecule has 5 rings (SSSR count). The van der Waals surface area contributed by atoms with E-state index in [1.165, 1.54) is 9.13 Å². The quantitative estimate of drug-likeness (QED) is 0.449. The van der Waals surface area contributed by atoms with Crippen LogP contribution >= 0.6 is 0 Å². The summed E-state index contributed by atoms with van der Waals surface area (Å²) in [4.78, 5) is 8.51. The molecule has 0 fully saturated rings. The first-order valence-corrected chi connectivity index (χ1v) is 9.02. The monoisotopic (exact) mass is 408 g/mol.